The van der Waals surface area contributed by atoms with Gasteiger partial charge in [0.1, 0.15) is 0 Å². The second-order valence-electron chi connectivity index (χ2n) is 4.28. The van der Waals surface area contributed by atoms with Gasteiger partial charge in [0, 0.05) is 6.54 Å². The van der Waals surface area contributed by atoms with Crippen LogP contribution >= 0.6 is 0 Å². The highest BCUT2D eigenvalue weighted by Crippen LogP contribution is 2.21. The van der Waals surface area contributed by atoms with E-state index in [1.54, 1.807) is 0 Å². The van der Waals surface area contributed by atoms with Crippen LogP contribution in [0.1, 0.15) is 73.6 Å². The van der Waals surface area contributed by atoms with Crippen molar-refractivity contribution in [2.45, 2.75) is 79.9 Å². The van der Waals surface area contributed by atoms with E-state index in [1.807, 2.05) is 34.6 Å². The third-order valence-electron chi connectivity index (χ3n) is 2.69. The number of halogens is 3. The molecule has 0 aromatic rings. The molecule has 1 atom stereocenters. The smallest absolute Gasteiger partial charge is 0.217 e. The molecule has 0 aliphatic rings. The molecule has 120 valence electrons. The van der Waals surface area contributed by atoms with Crippen molar-refractivity contribution in [1.82, 2.24) is 4.90 Å². The summed E-state index contributed by atoms with van der Waals surface area (Å²) in [5.41, 5.74) is 0. The van der Waals surface area contributed by atoms with Gasteiger partial charge in [-0.3, -0.25) is 0 Å². The summed E-state index contributed by atoms with van der Waals surface area (Å²) in [6, 6.07) is 0. The molecular weight excluding hydrogens is 251 g/mol. The zero-order valence-corrected chi connectivity index (χ0v) is 13.9. The van der Waals surface area contributed by atoms with Gasteiger partial charge in [-0.2, -0.15) is 13.2 Å². The molecule has 0 saturated carbocycles. The van der Waals surface area contributed by atoms with E-state index in [0.717, 1.165) is 26.3 Å². The fourth-order valence-corrected chi connectivity index (χ4v) is 1.43. The molecule has 0 heterocycles. The molecule has 0 amide bonds. The van der Waals surface area contributed by atoms with Crippen LogP contribution in [0.2, 0.25) is 0 Å². The summed E-state index contributed by atoms with van der Waals surface area (Å²) in [6.07, 6.45) is 0.963. The first-order valence-corrected chi connectivity index (χ1v) is 7.65. The van der Waals surface area contributed by atoms with E-state index < -0.39 is 6.30 Å². The SMILES string of the molecule is CC.CC.CCCCCC(C)CCN(C)C(F)(F)F. The zero-order valence-electron chi connectivity index (χ0n) is 13.9. The van der Waals surface area contributed by atoms with Gasteiger partial charge in [-0.05, 0) is 19.4 Å². The summed E-state index contributed by atoms with van der Waals surface area (Å²) in [5, 5.41) is 0. The van der Waals surface area contributed by atoms with E-state index >= 15 is 0 Å². The van der Waals surface area contributed by atoms with E-state index in [2.05, 4.69) is 6.92 Å². The molecule has 4 heteroatoms. The van der Waals surface area contributed by atoms with Gasteiger partial charge in [0.2, 0.25) is 0 Å². The molecule has 0 aliphatic heterocycles. The van der Waals surface area contributed by atoms with Gasteiger partial charge in [0.05, 0.1) is 0 Å². The molecule has 1 nitrogen and oxygen atoms in total. The maximum atomic E-state index is 12.1. The fourth-order valence-electron chi connectivity index (χ4n) is 1.43. The van der Waals surface area contributed by atoms with Crippen LogP contribution in [0.5, 0.6) is 0 Å². The van der Waals surface area contributed by atoms with Gasteiger partial charge < -0.3 is 0 Å². The van der Waals surface area contributed by atoms with Crippen molar-refractivity contribution in [2.75, 3.05) is 13.6 Å². The summed E-state index contributed by atoms with van der Waals surface area (Å²) in [5.74, 6) is 0.390. The molecule has 0 saturated heterocycles. The van der Waals surface area contributed by atoms with Crippen LogP contribution in [0, 0.1) is 5.92 Å². The fraction of sp³-hybridized carbons (Fsp3) is 1.00. The molecule has 0 radical (unpaired) electrons. The molecule has 0 bridgehead atoms. The maximum Gasteiger partial charge on any atom is 0.459 e. The predicted molar refractivity (Wildman–Crippen MR) is 79.3 cm³/mol. The average molecular weight is 285 g/mol. The number of unbranched alkanes of at least 4 members (excludes halogenated alkanes) is 2. The van der Waals surface area contributed by atoms with Crippen molar-refractivity contribution in [3.05, 3.63) is 0 Å². The van der Waals surface area contributed by atoms with Gasteiger partial charge in [0.25, 0.3) is 0 Å². The van der Waals surface area contributed by atoms with Crippen molar-refractivity contribution in [2.24, 2.45) is 5.92 Å². The minimum Gasteiger partial charge on any atom is -0.217 e. The van der Waals surface area contributed by atoms with Crippen LogP contribution in [-0.4, -0.2) is 24.8 Å². The summed E-state index contributed by atoms with van der Waals surface area (Å²) in [6.45, 7) is 12.3. The Balaban J connectivity index is -0.000000579. The third-order valence-corrected chi connectivity index (χ3v) is 2.69. The van der Waals surface area contributed by atoms with Crippen LogP contribution < -0.4 is 0 Å². The van der Waals surface area contributed by atoms with Crippen molar-refractivity contribution in [3.8, 4) is 0 Å². The van der Waals surface area contributed by atoms with Crippen molar-refractivity contribution >= 4 is 0 Å². The quantitative estimate of drug-likeness (QED) is 0.403. The van der Waals surface area contributed by atoms with Crippen LogP contribution in [0.3, 0.4) is 0 Å². The Kier molecular flexibility index (Phi) is 19.8. The van der Waals surface area contributed by atoms with Crippen LogP contribution in [0.4, 0.5) is 13.2 Å². The highest BCUT2D eigenvalue weighted by atomic mass is 19.4. The minimum atomic E-state index is -4.18. The monoisotopic (exact) mass is 285 g/mol. The van der Waals surface area contributed by atoms with Gasteiger partial charge in [-0.15, -0.1) is 0 Å². The first kappa shape index (κ1) is 23.8. The van der Waals surface area contributed by atoms with Crippen LogP contribution in [0.25, 0.3) is 0 Å². The number of hydrogen-bond donors (Lipinski definition) is 0. The second-order valence-corrected chi connectivity index (χ2v) is 4.28. The summed E-state index contributed by atoms with van der Waals surface area (Å²) >= 11 is 0. The van der Waals surface area contributed by atoms with Crippen molar-refractivity contribution in [3.63, 3.8) is 0 Å². The normalized spacial score (nSPS) is 12.2. The Bertz CT molecular complexity index is 158. The van der Waals surface area contributed by atoms with E-state index in [1.165, 1.54) is 6.42 Å². The number of rotatable bonds is 7. The molecule has 0 spiro atoms. The van der Waals surface area contributed by atoms with Gasteiger partial charge >= 0.3 is 6.30 Å². The Morgan fingerprint density at radius 2 is 1.42 bits per heavy atom. The molecule has 0 N–H and O–H groups in total. The Hall–Kier alpha value is -0.250. The number of nitrogens with zero attached hydrogens (tertiary/aromatic N) is 1. The van der Waals surface area contributed by atoms with E-state index in [9.17, 15) is 13.2 Å². The lowest BCUT2D eigenvalue weighted by Gasteiger charge is -2.21. The third kappa shape index (κ3) is 17.8. The lowest BCUT2D eigenvalue weighted by molar-refractivity contribution is -0.237. The Morgan fingerprint density at radius 1 is 0.947 bits per heavy atom. The highest BCUT2D eigenvalue weighted by Gasteiger charge is 2.33. The molecule has 0 rings (SSSR count). The van der Waals surface area contributed by atoms with Crippen LogP contribution in [-0.2, 0) is 0 Å². The zero-order chi connectivity index (χ0) is 15.9. The molecule has 0 aliphatic carbocycles. The minimum absolute atomic E-state index is 0.108. The molecule has 0 aromatic carbocycles. The van der Waals surface area contributed by atoms with E-state index in [4.69, 9.17) is 0 Å². The van der Waals surface area contributed by atoms with Crippen molar-refractivity contribution in [1.29, 1.82) is 0 Å². The lowest BCUT2D eigenvalue weighted by atomic mass is 10.00. The average Bonchev–Trinajstić information content (AvgIpc) is 2.40. The molecule has 0 fully saturated rings. The summed E-state index contributed by atoms with van der Waals surface area (Å²) in [7, 11) is 1.11. The molecule has 19 heavy (non-hydrogen) atoms. The van der Waals surface area contributed by atoms with Crippen molar-refractivity contribution < 1.29 is 13.2 Å². The van der Waals surface area contributed by atoms with Crippen LogP contribution in [0.15, 0.2) is 0 Å². The number of alkyl halides is 3. The molecule has 1 unspecified atom stereocenters. The second kappa shape index (κ2) is 15.8. The Morgan fingerprint density at radius 3 is 1.79 bits per heavy atom. The topological polar surface area (TPSA) is 3.24 Å². The van der Waals surface area contributed by atoms with Gasteiger partial charge in [-0.25, -0.2) is 4.90 Å². The summed E-state index contributed by atoms with van der Waals surface area (Å²) < 4.78 is 36.4. The number of hydrogen-bond acceptors (Lipinski definition) is 1. The predicted octanol–water partition coefficient (Wildman–Crippen LogP) is 6.10. The first-order chi connectivity index (χ1) is 8.88. The van der Waals surface area contributed by atoms with Gasteiger partial charge in [-0.1, -0.05) is 67.2 Å². The summed E-state index contributed by atoms with van der Waals surface area (Å²) in [4.78, 5) is 0.462. The maximum absolute atomic E-state index is 12.1. The lowest BCUT2D eigenvalue weighted by Crippen LogP contribution is -2.35. The van der Waals surface area contributed by atoms with E-state index in [0.29, 0.717) is 17.2 Å². The highest BCUT2D eigenvalue weighted by molar-refractivity contribution is 4.59. The molecule has 0 aromatic heterocycles. The van der Waals surface area contributed by atoms with E-state index in [-0.39, 0.29) is 6.54 Å². The van der Waals surface area contributed by atoms with Gasteiger partial charge in [0.15, 0.2) is 0 Å². The first-order valence-electron chi connectivity index (χ1n) is 7.65. The Labute approximate surface area is 118 Å². The largest absolute Gasteiger partial charge is 0.459 e. The standard InChI is InChI=1S/C11H22F3N.2C2H6/c1-4-5-6-7-10(2)8-9-15(3)11(12,13)14;2*1-2/h10H,4-9H2,1-3H3;2*1-2H3. The molecular formula is C15H34F3N.